The molecule has 0 aromatic rings. The van der Waals surface area contributed by atoms with E-state index in [-0.39, 0.29) is 0 Å². The number of hydrogen-bond donors (Lipinski definition) is 1. The van der Waals surface area contributed by atoms with Gasteiger partial charge in [-0.1, -0.05) is 12.7 Å². The van der Waals surface area contributed by atoms with Crippen LogP contribution in [0.2, 0.25) is 0 Å². The third-order valence-corrected chi connectivity index (χ3v) is 1.18. The van der Waals surface area contributed by atoms with Crippen LogP contribution in [0, 0.1) is 0 Å². The molecule has 2 nitrogen and oxygen atoms in total. The summed E-state index contributed by atoms with van der Waals surface area (Å²) in [5, 5.41) is 3.11. The average Bonchev–Trinajstić information content (AvgIpc) is 2.19. The lowest BCUT2D eigenvalue weighted by Crippen LogP contribution is -2.08. The minimum absolute atomic E-state index is 0.965. The Labute approximate surface area is 49.5 Å². The molecule has 0 aliphatic carbocycles. The summed E-state index contributed by atoms with van der Waals surface area (Å²) in [5.74, 6) is 0. The molecule has 1 aliphatic heterocycles. The van der Waals surface area contributed by atoms with Crippen LogP contribution in [0.3, 0.4) is 0 Å². The second-order valence-electron chi connectivity index (χ2n) is 1.87. The molecular formula is C6H11N2+. The van der Waals surface area contributed by atoms with Crippen LogP contribution >= 0.6 is 0 Å². The zero-order valence-electron chi connectivity index (χ0n) is 4.93. The largest absolute Gasteiger partial charge is 0.277 e. The molecule has 0 radical (unpaired) electrons. The Kier molecular flexibility index (Phi) is 1.67. The van der Waals surface area contributed by atoms with Crippen molar-refractivity contribution in [2.45, 2.75) is 0 Å². The Balaban J connectivity index is 2.33. The standard InChI is InChI=1S/C6H10N2/c1-2-4-8-5-3-7-6-8/h2,6H,1,3-5H2/p+1. The van der Waals surface area contributed by atoms with Gasteiger partial charge in [0, 0.05) is 0 Å². The van der Waals surface area contributed by atoms with Crippen LogP contribution < -0.4 is 5.32 Å². The van der Waals surface area contributed by atoms with Crippen LogP contribution in [0.25, 0.3) is 0 Å². The molecule has 0 aromatic heterocycles. The molecule has 1 N–H and O–H groups in total. The molecule has 0 unspecified atom stereocenters. The molecule has 44 valence electrons. The lowest BCUT2D eigenvalue weighted by Gasteiger charge is -1.89. The zero-order valence-corrected chi connectivity index (χ0v) is 4.93. The van der Waals surface area contributed by atoms with Crippen molar-refractivity contribution < 1.29 is 4.58 Å². The van der Waals surface area contributed by atoms with Gasteiger partial charge in [-0.05, 0) is 0 Å². The van der Waals surface area contributed by atoms with Crippen molar-refractivity contribution in [1.82, 2.24) is 5.32 Å². The Hall–Kier alpha value is -0.790. The Morgan fingerprint density at radius 3 is 3.25 bits per heavy atom. The first-order valence-corrected chi connectivity index (χ1v) is 2.85. The summed E-state index contributed by atoms with van der Waals surface area (Å²) < 4.78 is 2.19. The number of nitrogens with one attached hydrogen (secondary N) is 1. The van der Waals surface area contributed by atoms with Gasteiger partial charge < -0.3 is 0 Å². The molecule has 0 spiro atoms. The van der Waals surface area contributed by atoms with Gasteiger partial charge in [-0.3, -0.25) is 9.89 Å². The van der Waals surface area contributed by atoms with Crippen molar-refractivity contribution in [2.24, 2.45) is 0 Å². The van der Waals surface area contributed by atoms with Crippen LogP contribution in [-0.2, 0) is 0 Å². The van der Waals surface area contributed by atoms with Crippen LogP contribution in [0.4, 0.5) is 0 Å². The Morgan fingerprint density at radius 2 is 2.75 bits per heavy atom. The normalized spacial score (nSPS) is 17.2. The SMILES string of the molecule is C=CC[N+]1=CNCC1. The van der Waals surface area contributed by atoms with Gasteiger partial charge >= 0.3 is 0 Å². The molecular weight excluding hydrogens is 100 g/mol. The number of rotatable bonds is 2. The van der Waals surface area contributed by atoms with Gasteiger partial charge in [0.05, 0.1) is 0 Å². The molecule has 0 aromatic carbocycles. The van der Waals surface area contributed by atoms with E-state index in [4.69, 9.17) is 0 Å². The molecule has 0 saturated heterocycles. The van der Waals surface area contributed by atoms with Gasteiger partial charge in [0.15, 0.2) is 0 Å². The van der Waals surface area contributed by atoms with Crippen molar-refractivity contribution in [3.8, 4) is 0 Å². The summed E-state index contributed by atoms with van der Waals surface area (Å²) in [4.78, 5) is 0. The lowest BCUT2D eigenvalue weighted by molar-refractivity contribution is -0.503. The molecule has 1 heterocycles. The fourth-order valence-corrected chi connectivity index (χ4v) is 0.776. The van der Waals surface area contributed by atoms with Crippen LogP contribution in [0.15, 0.2) is 12.7 Å². The minimum atomic E-state index is 0.965. The molecule has 8 heavy (non-hydrogen) atoms. The third-order valence-electron chi connectivity index (χ3n) is 1.18. The van der Waals surface area contributed by atoms with Crippen molar-refractivity contribution in [1.29, 1.82) is 0 Å². The van der Waals surface area contributed by atoms with Crippen molar-refractivity contribution in [3.05, 3.63) is 12.7 Å². The summed E-state index contributed by atoms with van der Waals surface area (Å²) in [6.07, 6.45) is 3.91. The van der Waals surface area contributed by atoms with Crippen molar-refractivity contribution in [2.75, 3.05) is 19.6 Å². The van der Waals surface area contributed by atoms with E-state index in [0.717, 1.165) is 19.6 Å². The highest BCUT2D eigenvalue weighted by atomic mass is 15.1. The van der Waals surface area contributed by atoms with Gasteiger partial charge in [-0.2, -0.15) is 0 Å². The number of nitrogens with zero attached hydrogens (tertiary/aromatic N) is 1. The van der Waals surface area contributed by atoms with E-state index in [1.54, 1.807) is 0 Å². The summed E-state index contributed by atoms with van der Waals surface area (Å²) in [6, 6.07) is 0. The molecule has 0 amide bonds. The van der Waals surface area contributed by atoms with E-state index in [9.17, 15) is 0 Å². The summed E-state index contributed by atoms with van der Waals surface area (Å²) in [6.45, 7) is 6.79. The van der Waals surface area contributed by atoms with Crippen LogP contribution in [0.1, 0.15) is 0 Å². The van der Waals surface area contributed by atoms with Crippen LogP contribution in [0.5, 0.6) is 0 Å². The first-order valence-electron chi connectivity index (χ1n) is 2.85. The molecule has 0 bridgehead atoms. The van der Waals surface area contributed by atoms with E-state index in [1.807, 2.05) is 12.4 Å². The highest BCUT2D eigenvalue weighted by Gasteiger charge is 2.04. The predicted molar refractivity (Wildman–Crippen MR) is 34.3 cm³/mol. The Bertz CT molecular complexity index is 116. The topological polar surface area (TPSA) is 15.0 Å². The maximum absolute atomic E-state index is 3.63. The van der Waals surface area contributed by atoms with Gasteiger partial charge in [0.1, 0.15) is 19.6 Å². The van der Waals surface area contributed by atoms with Gasteiger partial charge in [-0.15, -0.1) is 0 Å². The number of hydrogen-bond acceptors (Lipinski definition) is 1. The first kappa shape index (κ1) is 5.35. The van der Waals surface area contributed by atoms with E-state index in [1.165, 1.54) is 0 Å². The van der Waals surface area contributed by atoms with E-state index >= 15 is 0 Å². The zero-order chi connectivity index (χ0) is 5.82. The van der Waals surface area contributed by atoms with Crippen molar-refractivity contribution in [3.63, 3.8) is 0 Å². The maximum atomic E-state index is 3.63. The van der Waals surface area contributed by atoms with E-state index < -0.39 is 0 Å². The molecule has 0 saturated carbocycles. The monoisotopic (exact) mass is 111 g/mol. The third kappa shape index (κ3) is 1.09. The maximum Gasteiger partial charge on any atom is 0.232 e. The highest BCUT2D eigenvalue weighted by molar-refractivity contribution is 5.49. The summed E-state index contributed by atoms with van der Waals surface area (Å²) >= 11 is 0. The van der Waals surface area contributed by atoms with Gasteiger partial charge in [0.2, 0.25) is 6.34 Å². The van der Waals surface area contributed by atoms with Gasteiger partial charge in [-0.25, -0.2) is 0 Å². The van der Waals surface area contributed by atoms with Gasteiger partial charge in [0.25, 0.3) is 0 Å². The smallest absolute Gasteiger partial charge is 0.232 e. The van der Waals surface area contributed by atoms with E-state index in [0.29, 0.717) is 0 Å². The summed E-state index contributed by atoms with van der Waals surface area (Å²) in [5.41, 5.74) is 0. The average molecular weight is 111 g/mol. The fraction of sp³-hybridized carbons (Fsp3) is 0.500. The second-order valence-corrected chi connectivity index (χ2v) is 1.87. The highest BCUT2D eigenvalue weighted by Crippen LogP contribution is 1.78. The molecule has 0 fully saturated rings. The lowest BCUT2D eigenvalue weighted by atomic mass is 10.5. The van der Waals surface area contributed by atoms with Crippen LogP contribution in [-0.4, -0.2) is 30.5 Å². The predicted octanol–water partition coefficient (Wildman–Crippen LogP) is -0.184. The molecule has 0 atom stereocenters. The quantitative estimate of drug-likeness (QED) is 0.386. The molecule has 2 heteroatoms. The fourth-order valence-electron chi connectivity index (χ4n) is 0.776. The second kappa shape index (κ2) is 2.50. The van der Waals surface area contributed by atoms with E-state index in [2.05, 4.69) is 16.5 Å². The Morgan fingerprint density at radius 1 is 1.88 bits per heavy atom. The molecule has 1 rings (SSSR count). The minimum Gasteiger partial charge on any atom is -0.277 e. The summed E-state index contributed by atoms with van der Waals surface area (Å²) in [7, 11) is 0. The first-order chi connectivity index (χ1) is 3.93. The van der Waals surface area contributed by atoms with Crippen molar-refractivity contribution >= 4 is 6.34 Å². The molecule has 1 aliphatic rings.